The van der Waals surface area contributed by atoms with Crippen LogP contribution in [0.2, 0.25) is 5.02 Å². The van der Waals surface area contributed by atoms with Gasteiger partial charge in [-0.05, 0) is 42.0 Å². The third-order valence-corrected chi connectivity index (χ3v) is 7.77. The van der Waals surface area contributed by atoms with Crippen LogP contribution < -0.4 is 10.6 Å². The van der Waals surface area contributed by atoms with Crippen LogP contribution in [0.3, 0.4) is 0 Å². The second kappa shape index (κ2) is 10.7. The lowest BCUT2D eigenvalue weighted by molar-refractivity contribution is 0.359. The number of anilines is 2. The summed E-state index contributed by atoms with van der Waals surface area (Å²) in [5.74, 6) is 1.00. The molecule has 0 aliphatic heterocycles. The number of fused-ring (bicyclic) bond motifs is 1. The highest BCUT2D eigenvalue weighted by Crippen LogP contribution is 2.48. The van der Waals surface area contributed by atoms with Crippen molar-refractivity contribution in [3.63, 3.8) is 0 Å². The zero-order chi connectivity index (χ0) is 30.4. The van der Waals surface area contributed by atoms with Crippen LogP contribution in [-0.4, -0.2) is 36.7 Å². The molecule has 1 atom stereocenters. The van der Waals surface area contributed by atoms with Crippen LogP contribution in [0.15, 0.2) is 53.2 Å². The van der Waals surface area contributed by atoms with E-state index in [4.69, 9.17) is 16.0 Å². The predicted octanol–water partition coefficient (Wildman–Crippen LogP) is 6.11. The van der Waals surface area contributed by atoms with E-state index in [1.54, 1.807) is 17.7 Å². The van der Waals surface area contributed by atoms with Crippen LogP contribution in [0.1, 0.15) is 73.8 Å². The topological polar surface area (TPSA) is 154 Å². The SMILES string of the molecule is Cc1nnc(C2(n3cc([C@@H](Nc4cc(C#N)c5ncc(C#N)c(NCC(C)(C)C)c5c4)c4ccccc4Cl)nn3)CC2)o1. The lowest BCUT2D eigenvalue weighted by Crippen LogP contribution is -2.20. The van der Waals surface area contributed by atoms with E-state index in [-0.39, 0.29) is 5.41 Å². The molecule has 0 spiro atoms. The monoisotopic (exact) mass is 592 g/mol. The average Bonchev–Trinajstić information content (AvgIpc) is 3.41. The summed E-state index contributed by atoms with van der Waals surface area (Å²) >= 11 is 6.71. The molecular formula is C31H29ClN10O. The number of hydrogen-bond acceptors (Lipinski definition) is 10. The molecule has 0 amide bonds. The number of benzene rings is 2. The van der Waals surface area contributed by atoms with E-state index in [2.05, 4.69) is 69.0 Å². The molecule has 1 aliphatic rings. The average molecular weight is 593 g/mol. The van der Waals surface area contributed by atoms with Gasteiger partial charge < -0.3 is 15.1 Å². The number of aromatic nitrogens is 6. The van der Waals surface area contributed by atoms with Crippen molar-refractivity contribution >= 4 is 33.9 Å². The molecule has 2 aromatic carbocycles. The lowest BCUT2D eigenvalue weighted by atomic mass is 9.96. The van der Waals surface area contributed by atoms with E-state index < -0.39 is 11.6 Å². The zero-order valence-electron chi connectivity index (χ0n) is 24.2. The van der Waals surface area contributed by atoms with E-state index in [0.29, 0.717) is 62.4 Å². The first-order valence-electron chi connectivity index (χ1n) is 13.9. The van der Waals surface area contributed by atoms with Gasteiger partial charge in [0.2, 0.25) is 11.8 Å². The van der Waals surface area contributed by atoms with Gasteiger partial charge in [-0.15, -0.1) is 15.3 Å². The van der Waals surface area contributed by atoms with Crippen LogP contribution in [0.5, 0.6) is 0 Å². The number of halogens is 1. The van der Waals surface area contributed by atoms with Gasteiger partial charge >= 0.3 is 0 Å². The Balaban J connectivity index is 1.45. The Bertz CT molecular complexity index is 1920. The van der Waals surface area contributed by atoms with Gasteiger partial charge in [0.15, 0.2) is 0 Å². The summed E-state index contributed by atoms with van der Waals surface area (Å²) in [6.07, 6.45) is 4.98. The molecule has 2 N–H and O–H groups in total. The minimum atomic E-state index is -0.526. The molecule has 12 heteroatoms. The number of aryl methyl sites for hydroxylation is 1. The van der Waals surface area contributed by atoms with Crippen molar-refractivity contribution in [1.82, 2.24) is 30.2 Å². The Kier molecular flexibility index (Phi) is 6.99. The minimum Gasteiger partial charge on any atom is -0.423 e. The van der Waals surface area contributed by atoms with Gasteiger partial charge in [-0.3, -0.25) is 4.98 Å². The van der Waals surface area contributed by atoms with E-state index in [1.807, 2.05) is 36.5 Å². The first-order chi connectivity index (χ1) is 20.6. The van der Waals surface area contributed by atoms with Crippen LogP contribution in [0.25, 0.3) is 10.9 Å². The third kappa shape index (κ3) is 5.36. The van der Waals surface area contributed by atoms with Gasteiger partial charge in [0.1, 0.15) is 23.4 Å². The molecule has 43 heavy (non-hydrogen) atoms. The maximum Gasteiger partial charge on any atom is 0.244 e. The Morgan fingerprint density at radius 2 is 1.86 bits per heavy atom. The van der Waals surface area contributed by atoms with Crippen molar-refractivity contribution in [2.24, 2.45) is 5.41 Å². The molecule has 1 aliphatic carbocycles. The highest BCUT2D eigenvalue weighted by Gasteiger charge is 2.52. The van der Waals surface area contributed by atoms with Gasteiger partial charge in [-0.2, -0.15) is 10.5 Å². The fourth-order valence-corrected chi connectivity index (χ4v) is 5.29. The number of hydrogen-bond donors (Lipinski definition) is 2. The second-order valence-corrected chi connectivity index (χ2v) is 12.4. The molecule has 1 fully saturated rings. The zero-order valence-corrected chi connectivity index (χ0v) is 24.9. The normalized spacial score (nSPS) is 14.6. The molecule has 3 aromatic heterocycles. The fourth-order valence-electron chi connectivity index (χ4n) is 5.05. The Labute approximate surface area is 253 Å². The molecule has 0 saturated heterocycles. The lowest BCUT2D eigenvalue weighted by Gasteiger charge is -2.22. The van der Waals surface area contributed by atoms with Crippen molar-refractivity contribution in [3.05, 3.63) is 88.0 Å². The van der Waals surface area contributed by atoms with Crippen LogP contribution in [0.4, 0.5) is 11.4 Å². The molecule has 6 rings (SSSR count). The van der Waals surface area contributed by atoms with E-state index in [9.17, 15) is 10.5 Å². The maximum atomic E-state index is 10.1. The van der Waals surface area contributed by atoms with E-state index in [0.717, 1.165) is 18.4 Å². The Morgan fingerprint density at radius 1 is 1.09 bits per heavy atom. The van der Waals surface area contributed by atoms with E-state index >= 15 is 0 Å². The molecule has 216 valence electrons. The van der Waals surface area contributed by atoms with Gasteiger partial charge in [-0.1, -0.05) is 55.8 Å². The number of rotatable bonds is 8. The van der Waals surface area contributed by atoms with Crippen LogP contribution in [0, 0.1) is 35.0 Å². The molecule has 0 bridgehead atoms. The fraction of sp³-hybridized carbons (Fsp3) is 0.323. The van der Waals surface area contributed by atoms with Crippen molar-refractivity contribution in [2.75, 3.05) is 17.2 Å². The molecule has 0 radical (unpaired) electrons. The second-order valence-electron chi connectivity index (χ2n) is 11.9. The van der Waals surface area contributed by atoms with Gasteiger partial charge in [0, 0.05) is 35.8 Å². The highest BCUT2D eigenvalue weighted by molar-refractivity contribution is 6.31. The summed E-state index contributed by atoms with van der Waals surface area (Å²) in [5.41, 5.74) is 3.36. The highest BCUT2D eigenvalue weighted by atomic mass is 35.5. The number of nitrogens with one attached hydrogen (secondary N) is 2. The molecular weight excluding hydrogens is 564 g/mol. The van der Waals surface area contributed by atoms with Crippen molar-refractivity contribution in [2.45, 2.75) is 52.1 Å². The molecule has 0 unspecified atom stereocenters. The molecule has 1 saturated carbocycles. The summed E-state index contributed by atoms with van der Waals surface area (Å²) < 4.78 is 7.54. The Hall–Kier alpha value is -5.00. The van der Waals surface area contributed by atoms with Crippen molar-refractivity contribution < 1.29 is 4.42 Å². The third-order valence-electron chi connectivity index (χ3n) is 7.43. The van der Waals surface area contributed by atoms with Gasteiger partial charge in [0.25, 0.3) is 0 Å². The molecule has 11 nitrogen and oxygen atoms in total. The Morgan fingerprint density at radius 3 is 2.51 bits per heavy atom. The summed E-state index contributed by atoms with van der Waals surface area (Å²) in [4.78, 5) is 4.47. The summed E-state index contributed by atoms with van der Waals surface area (Å²) in [6, 6.07) is 15.1. The summed E-state index contributed by atoms with van der Waals surface area (Å²) in [5, 5.41) is 45.4. The molecule has 3 heterocycles. The number of nitrogens with zero attached hydrogens (tertiary/aromatic N) is 8. The standard InChI is InChI=1S/C31H29ClN10O/c1-18-38-40-29(43-18)31(9-10-31)42-16-25(39-41-42)28(22-7-5-6-8-24(22)32)37-21-11-19(13-33)26-23(12-21)27(20(14-34)15-35-26)36-17-30(2,3)4/h5-8,11-12,15-16,28,37H,9-10,17H2,1-4H3,(H,35,36)/t28-/m0/s1. The van der Waals surface area contributed by atoms with E-state index in [1.165, 1.54) is 6.20 Å². The summed E-state index contributed by atoms with van der Waals surface area (Å²) in [6.45, 7) is 8.70. The van der Waals surface area contributed by atoms with Gasteiger partial charge in [0.05, 0.1) is 34.6 Å². The minimum absolute atomic E-state index is 0.0456. The quantitative estimate of drug-likeness (QED) is 0.215. The summed E-state index contributed by atoms with van der Waals surface area (Å²) in [7, 11) is 0. The van der Waals surface area contributed by atoms with Crippen molar-refractivity contribution in [1.29, 1.82) is 10.5 Å². The van der Waals surface area contributed by atoms with Crippen molar-refractivity contribution in [3.8, 4) is 12.1 Å². The number of pyridine rings is 1. The largest absolute Gasteiger partial charge is 0.423 e. The smallest absolute Gasteiger partial charge is 0.244 e. The molecule has 5 aromatic rings. The first kappa shape index (κ1) is 28.1. The maximum absolute atomic E-state index is 10.1. The predicted molar refractivity (Wildman–Crippen MR) is 161 cm³/mol. The van der Waals surface area contributed by atoms with Crippen LogP contribution in [-0.2, 0) is 5.54 Å². The van der Waals surface area contributed by atoms with Gasteiger partial charge in [-0.25, -0.2) is 4.68 Å². The number of nitriles is 2. The first-order valence-corrected chi connectivity index (χ1v) is 14.2. The van der Waals surface area contributed by atoms with Crippen LogP contribution >= 0.6 is 11.6 Å².